The SMILES string of the molecule is CC1C[C@@H](N2Cc3cn(S(C)(=O)=O)nc3C2)CN(CCN2CC[C@@H](F)C2)[C@@H]1c1cc(F)ccc1F. The Labute approximate surface area is 204 Å². The molecule has 2 aromatic rings. The monoisotopic (exact) mass is 511 g/mol. The van der Waals surface area contributed by atoms with E-state index in [9.17, 15) is 21.6 Å². The number of piperidine rings is 1. The first-order valence-electron chi connectivity index (χ1n) is 12.2. The summed E-state index contributed by atoms with van der Waals surface area (Å²) >= 11 is 0. The second-order valence-electron chi connectivity index (χ2n) is 10.3. The molecule has 0 radical (unpaired) electrons. The number of rotatable bonds is 6. The quantitative estimate of drug-likeness (QED) is 0.595. The fraction of sp³-hybridized carbons (Fsp3) is 0.625. The van der Waals surface area contributed by atoms with Crippen LogP contribution in [0.1, 0.15) is 42.6 Å². The lowest BCUT2D eigenvalue weighted by molar-refractivity contribution is 0.0169. The van der Waals surface area contributed by atoms with Crippen LogP contribution in [-0.2, 0) is 23.1 Å². The fourth-order valence-electron chi connectivity index (χ4n) is 5.95. The summed E-state index contributed by atoms with van der Waals surface area (Å²) in [6, 6.07) is 3.52. The molecule has 0 spiro atoms. The van der Waals surface area contributed by atoms with E-state index in [4.69, 9.17) is 0 Å². The highest BCUT2D eigenvalue weighted by atomic mass is 32.2. The number of benzene rings is 1. The lowest BCUT2D eigenvalue weighted by Gasteiger charge is -2.47. The van der Waals surface area contributed by atoms with E-state index in [1.54, 1.807) is 6.20 Å². The lowest BCUT2D eigenvalue weighted by atomic mass is 9.83. The summed E-state index contributed by atoms with van der Waals surface area (Å²) < 4.78 is 67.3. The number of hydrogen-bond donors (Lipinski definition) is 0. The molecule has 4 atom stereocenters. The summed E-state index contributed by atoms with van der Waals surface area (Å²) in [7, 11) is -3.42. The van der Waals surface area contributed by atoms with Gasteiger partial charge in [0.05, 0.1) is 11.9 Å². The average Bonchev–Trinajstić information content (AvgIpc) is 3.48. The molecule has 5 rings (SSSR count). The lowest BCUT2D eigenvalue weighted by Crippen LogP contribution is -2.52. The van der Waals surface area contributed by atoms with Crippen molar-refractivity contribution in [3.63, 3.8) is 0 Å². The highest BCUT2D eigenvalue weighted by Crippen LogP contribution is 2.40. The van der Waals surface area contributed by atoms with Crippen LogP contribution in [0.5, 0.6) is 0 Å². The van der Waals surface area contributed by atoms with E-state index in [-0.39, 0.29) is 18.0 Å². The van der Waals surface area contributed by atoms with Gasteiger partial charge in [0, 0.05) is 75.2 Å². The molecule has 11 heteroatoms. The van der Waals surface area contributed by atoms with Crippen molar-refractivity contribution in [2.75, 3.05) is 39.0 Å². The standard InChI is InChI=1S/C24H32F3N5O2S/c1-16-9-20(31-11-17-12-32(35(2,33)34)28-23(17)15-31)14-30(8-7-29-6-5-19(26)13-29)24(16)21-10-18(25)3-4-22(21)27/h3-4,10,12,16,19-20,24H,5-9,11,13-15H2,1-2H3/t16?,19-,20-,24+/m1/s1. The Balaban J connectivity index is 1.35. The molecule has 0 saturated carbocycles. The molecule has 4 heterocycles. The molecule has 0 N–H and O–H groups in total. The Kier molecular flexibility index (Phi) is 6.71. The molecule has 1 aromatic carbocycles. The summed E-state index contributed by atoms with van der Waals surface area (Å²) in [5, 5.41) is 4.26. The minimum atomic E-state index is -3.42. The molecule has 1 aromatic heterocycles. The maximum Gasteiger partial charge on any atom is 0.250 e. The zero-order valence-corrected chi connectivity index (χ0v) is 20.9. The molecule has 7 nitrogen and oxygen atoms in total. The molecular weight excluding hydrogens is 479 g/mol. The minimum absolute atomic E-state index is 0.0569. The number of halogens is 3. The molecule has 3 aliphatic rings. The van der Waals surface area contributed by atoms with Crippen molar-refractivity contribution in [1.82, 2.24) is 23.9 Å². The molecular formula is C24H32F3N5O2S. The van der Waals surface area contributed by atoms with Crippen LogP contribution < -0.4 is 0 Å². The topological polar surface area (TPSA) is 61.7 Å². The van der Waals surface area contributed by atoms with E-state index in [2.05, 4.69) is 26.7 Å². The van der Waals surface area contributed by atoms with Gasteiger partial charge in [0.2, 0.25) is 0 Å². The van der Waals surface area contributed by atoms with Crippen molar-refractivity contribution in [1.29, 1.82) is 0 Å². The number of alkyl halides is 1. The van der Waals surface area contributed by atoms with E-state index in [0.717, 1.165) is 34.1 Å². The number of fused-ring (bicyclic) bond motifs is 1. The average molecular weight is 512 g/mol. The van der Waals surface area contributed by atoms with Gasteiger partial charge in [0.25, 0.3) is 10.0 Å². The van der Waals surface area contributed by atoms with Gasteiger partial charge in [0.15, 0.2) is 0 Å². The van der Waals surface area contributed by atoms with Gasteiger partial charge < -0.3 is 0 Å². The van der Waals surface area contributed by atoms with Gasteiger partial charge in [-0.15, -0.1) is 0 Å². The van der Waals surface area contributed by atoms with Gasteiger partial charge in [-0.2, -0.15) is 9.19 Å². The summed E-state index contributed by atoms with van der Waals surface area (Å²) in [6.07, 6.45) is 3.25. The van der Waals surface area contributed by atoms with Crippen LogP contribution >= 0.6 is 0 Å². The number of aromatic nitrogens is 2. The van der Waals surface area contributed by atoms with Crippen molar-refractivity contribution in [2.24, 2.45) is 5.92 Å². The van der Waals surface area contributed by atoms with Gasteiger partial charge >= 0.3 is 0 Å². The van der Waals surface area contributed by atoms with E-state index >= 15 is 0 Å². The maximum atomic E-state index is 14.8. The summed E-state index contributed by atoms with van der Waals surface area (Å²) in [5.74, 6) is -0.808. The van der Waals surface area contributed by atoms with Crippen LogP contribution in [0.4, 0.5) is 13.2 Å². The first-order chi connectivity index (χ1) is 16.6. The Morgan fingerprint density at radius 2 is 1.94 bits per heavy atom. The van der Waals surface area contributed by atoms with Crippen molar-refractivity contribution < 1.29 is 21.6 Å². The van der Waals surface area contributed by atoms with Crippen LogP contribution in [0.3, 0.4) is 0 Å². The molecule has 0 aliphatic carbocycles. The van der Waals surface area contributed by atoms with E-state index < -0.39 is 27.8 Å². The smallest absolute Gasteiger partial charge is 0.250 e. The molecule has 2 saturated heterocycles. The van der Waals surface area contributed by atoms with Gasteiger partial charge in [-0.05, 0) is 37.0 Å². The molecule has 0 bridgehead atoms. The Morgan fingerprint density at radius 1 is 1.14 bits per heavy atom. The molecule has 2 fully saturated rings. The third-order valence-electron chi connectivity index (χ3n) is 7.66. The summed E-state index contributed by atoms with van der Waals surface area (Å²) in [6.45, 7) is 6.33. The fourth-order valence-corrected chi connectivity index (χ4v) is 6.52. The van der Waals surface area contributed by atoms with Crippen LogP contribution in [0.25, 0.3) is 0 Å². The minimum Gasteiger partial charge on any atom is -0.299 e. The molecule has 35 heavy (non-hydrogen) atoms. The van der Waals surface area contributed by atoms with Gasteiger partial charge in [0.1, 0.15) is 17.8 Å². The van der Waals surface area contributed by atoms with Crippen molar-refractivity contribution >= 4 is 10.0 Å². The normalized spacial score (nSPS) is 28.6. The zero-order valence-electron chi connectivity index (χ0n) is 20.1. The van der Waals surface area contributed by atoms with E-state index in [1.165, 1.54) is 12.1 Å². The molecule has 1 unspecified atom stereocenters. The Hall–Kier alpha value is -1.95. The zero-order chi connectivity index (χ0) is 24.9. The summed E-state index contributed by atoms with van der Waals surface area (Å²) in [4.78, 5) is 6.60. The maximum absolute atomic E-state index is 14.8. The predicted octanol–water partition coefficient (Wildman–Crippen LogP) is 2.78. The second kappa shape index (κ2) is 9.49. The number of hydrogen-bond acceptors (Lipinski definition) is 6. The van der Waals surface area contributed by atoms with Crippen LogP contribution in [-0.4, -0.2) is 83.5 Å². The molecule has 192 valence electrons. The summed E-state index contributed by atoms with van der Waals surface area (Å²) in [5.41, 5.74) is 2.04. The predicted molar refractivity (Wildman–Crippen MR) is 126 cm³/mol. The number of likely N-dealkylation sites (tertiary alicyclic amines) is 2. The van der Waals surface area contributed by atoms with Crippen molar-refractivity contribution in [2.45, 2.75) is 51.1 Å². The molecule has 3 aliphatic heterocycles. The van der Waals surface area contributed by atoms with Crippen molar-refractivity contribution in [3.05, 3.63) is 52.9 Å². The first-order valence-corrected chi connectivity index (χ1v) is 14.0. The highest BCUT2D eigenvalue weighted by molar-refractivity contribution is 7.89. The van der Waals surface area contributed by atoms with Gasteiger partial charge in [-0.3, -0.25) is 14.7 Å². The first kappa shape index (κ1) is 24.7. The Bertz CT molecular complexity index is 1170. The van der Waals surface area contributed by atoms with Gasteiger partial charge in [-0.25, -0.2) is 21.6 Å². The van der Waals surface area contributed by atoms with E-state index in [0.29, 0.717) is 57.8 Å². The largest absolute Gasteiger partial charge is 0.299 e. The Morgan fingerprint density at radius 3 is 2.63 bits per heavy atom. The highest BCUT2D eigenvalue weighted by Gasteiger charge is 2.40. The van der Waals surface area contributed by atoms with Crippen LogP contribution in [0, 0.1) is 17.6 Å². The van der Waals surface area contributed by atoms with Crippen LogP contribution in [0.2, 0.25) is 0 Å². The third kappa shape index (κ3) is 5.14. The second-order valence-corrected chi connectivity index (χ2v) is 12.1. The van der Waals surface area contributed by atoms with Crippen LogP contribution in [0.15, 0.2) is 24.4 Å². The van der Waals surface area contributed by atoms with E-state index in [1.807, 2.05) is 0 Å². The van der Waals surface area contributed by atoms with Gasteiger partial charge in [-0.1, -0.05) is 6.92 Å². The van der Waals surface area contributed by atoms with Crippen molar-refractivity contribution in [3.8, 4) is 0 Å². The third-order valence-corrected chi connectivity index (χ3v) is 8.52. The number of nitrogens with zero attached hydrogens (tertiary/aromatic N) is 5. The molecule has 0 amide bonds.